The van der Waals surface area contributed by atoms with E-state index in [4.69, 9.17) is 0 Å². The summed E-state index contributed by atoms with van der Waals surface area (Å²) in [6.45, 7) is 6.14. The maximum Gasteiger partial charge on any atom is 0.00470 e. The van der Waals surface area contributed by atoms with E-state index >= 15 is 0 Å². The van der Waals surface area contributed by atoms with Crippen molar-refractivity contribution in [1.29, 1.82) is 0 Å². The van der Waals surface area contributed by atoms with Crippen LogP contribution in [0.2, 0.25) is 0 Å². The first-order valence-corrected chi connectivity index (χ1v) is 3.55. The Morgan fingerprint density at radius 2 is 1.90 bits per heavy atom. The molecular weight excluding hydrogens is 124 g/mol. The van der Waals surface area contributed by atoms with E-state index in [0.717, 1.165) is 6.42 Å². The van der Waals surface area contributed by atoms with Crippen LogP contribution in [0.3, 0.4) is 0 Å². The number of allylic oxidation sites excluding steroid dienone is 4. The first-order chi connectivity index (χ1) is 4.39. The topological polar surface area (TPSA) is 30.0 Å². The lowest BCUT2D eigenvalue weighted by molar-refractivity contribution is 0.824. The summed E-state index contributed by atoms with van der Waals surface area (Å²) >= 11 is 0. The van der Waals surface area contributed by atoms with Crippen LogP contribution in [0, 0.1) is 6.42 Å². The first-order valence-electron chi connectivity index (χ1n) is 3.55. The van der Waals surface area contributed by atoms with Gasteiger partial charge >= 0.3 is 0 Å². The zero-order chi connectivity index (χ0) is 7.11. The van der Waals surface area contributed by atoms with Crippen LogP contribution in [-0.2, 0) is 0 Å². The van der Waals surface area contributed by atoms with Crippen molar-refractivity contribution in [2.24, 2.45) is 0 Å². The van der Waals surface area contributed by atoms with Crippen LogP contribution >= 0.6 is 0 Å². The molecule has 0 amide bonds. The zero-order valence-electron chi connectivity index (χ0n) is 6.96. The second-order valence-electron chi connectivity index (χ2n) is 1.84. The average molecular weight is 140 g/mol. The van der Waals surface area contributed by atoms with Crippen LogP contribution < -0.4 is 0 Å². The second kappa shape index (κ2) is 8.44. The third-order valence-corrected chi connectivity index (χ3v) is 1.07. The minimum absolute atomic E-state index is 0. The monoisotopic (exact) mass is 140 g/mol. The summed E-state index contributed by atoms with van der Waals surface area (Å²) in [7, 11) is 0. The van der Waals surface area contributed by atoms with Gasteiger partial charge in [0.1, 0.15) is 0 Å². The minimum Gasteiger partial charge on any atom is -0.255 e. The Morgan fingerprint density at radius 3 is 2.10 bits per heavy atom. The molecule has 2 radical (unpaired) electrons. The summed E-state index contributed by atoms with van der Waals surface area (Å²) in [5.41, 5.74) is 1.45. The van der Waals surface area contributed by atoms with Gasteiger partial charge in [0.05, 0.1) is 0 Å². The van der Waals surface area contributed by atoms with E-state index in [-0.39, 0.29) is 5.48 Å². The molecule has 0 saturated heterocycles. The molecule has 0 fully saturated rings. The largest absolute Gasteiger partial charge is 0.255 e. The Balaban J connectivity index is 0. The summed E-state index contributed by atoms with van der Waals surface area (Å²) in [5, 5.41) is 0. The smallest absolute Gasteiger partial charge is 0.00470 e. The molecule has 0 aromatic heterocycles. The molecule has 1 rings (SSSR count). The van der Waals surface area contributed by atoms with Crippen molar-refractivity contribution in [2.75, 3.05) is 0 Å². The summed E-state index contributed by atoms with van der Waals surface area (Å²) in [6.07, 6.45) is 9.58. The minimum atomic E-state index is 0. The summed E-state index contributed by atoms with van der Waals surface area (Å²) in [5.74, 6) is 0. The molecule has 0 saturated carbocycles. The van der Waals surface area contributed by atoms with Crippen LogP contribution in [0.15, 0.2) is 23.8 Å². The molecule has 0 aromatic rings. The van der Waals surface area contributed by atoms with Gasteiger partial charge in [-0.15, -0.1) is 0 Å². The van der Waals surface area contributed by atoms with Crippen molar-refractivity contribution in [3.8, 4) is 0 Å². The summed E-state index contributed by atoms with van der Waals surface area (Å²) < 4.78 is 0. The molecular formula is C9H16O. The maximum absolute atomic E-state index is 2.16. The Bertz CT molecular complexity index is 112. The number of hydrogen-bond donors (Lipinski definition) is 1. The third kappa shape index (κ3) is 5.57. The molecule has 1 nitrogen and oxygen atoms in total. The van der Waals surface area contributed by atoms with E-state index < -0.39 is 0 Å². The van der Waals surface area contributed by atoms with Gasteiger partial charge in [-0.05, 0) is 13.3 Å². The van der Waals surface area contributed by atoms with Crippen LogP contribution in [0.1, 0.15) is 27.2 Å². The molecule has 0 unspecified atom stereocenters. The fourth-order valence-electron chi connectivity index (χ4n) is 0.620. The molecule has 1 aliphatic rings. The molecule has 0 atom stereocenters. The first kappa shape index (κ1) is 12.1. The van der Waals surface area contributed by atoms with Crippen LogP contribution in [0.4, 0.5) is 0 Å². The van der Waals surface area contributed by atoms with E-state index in [9.17, 15) is 0 Å². The molecule has 1 heteroatoms. The molecule has 1 N–H and O–H groups in total. The van der Waals surface area contributed by atoms with Crippen molar-refractivity contribution in [3.05, 3.63) is 30.2 Å². The standard InChI is InChI=1S/C7H9.C2H6.HO/c1-7-5-3-2-4-6-7;1-2;/h2-5H,6H2,1H3;1-2H3;1H. The molecule has 58 valence electrons. The van der Waals surface area contributed by atoms with E-state index in [1.54, 1.807) is 0 Å². The Morgan fingerprint density at radius 1 is 1.30 bits per heavy atom. The second-order valence-corrected chi connectivity index (χ2v) is 1.84. The highest BCUT2D eigenvalue weighted by molar-refractivity contribution is 5.21. The fraction of sp³-hybridized carbons (Fsp3) is 0.444. The maximum atomic E-state index is 2.16. The number of hydrogen-bond acceptors (Lipinski definition) is 0. The fourth-order valence-corrected chi connectivity index (χ4v) is 0.620. The van der Waals surface area contributed by atoms with Gasteiger partial charge in [0, 0.05) is 6.42 Å². The zero-order valence-corrected chi connectivity index (χ0v) is 6.96. The normalized spacial score (nSPS) is 14.1. The van der Waals surface area contributed by atoms with Gasteiger partial charge in [-0.2, -0.15) is 0 Å². The highest BCUT2D eigenvalue weighted by Gasteiger charge is 1.87. The molecule has 0 aliphatic heterocycles. The van der Waals surface area contributed by atoms with Gasteiger partial charge in [-0.1, -0.05) is 37.6 Å². The predicted molar refractivity (Wildman–Crippen MR) is 45.1 cm³/mol. The lowest BCUT2D eigenvalue weighted by atomic mass is 10.1. The number of rotatable bonds is 0. The quantitative estimate of drug-likeness (QED) is 0.536. The summed E-state index contributed by atoms with van der Waals surface area (Å²) in [6, 6.07) is 0. The van der Waals surface area contributed by atoms with Gasteiger partial charge in [-0.25, -0.2) is 0 Å². The molecule has 0 aromatic carbocycles. The lowest BCUT2D eigenvalue weighted by Gasteiger charge is -1.97. The molecule has 0 spiro atoms. The van der Waals surface area contributed by atoms with Crippen molar-refractivity contribution in [3.63, 3.8) is 0 Å². The predicted octanol–water partition coefficient (Wildman–Crippen LogP) is 2.95. The highest BCUT2D eigenvalue weighted by atomic mass is 16.0. The third-order valence-electron chi connectivity index (χ3n) is 1.07. The van der Waals surface area contributed by atoms with Gasteiger partial charge in [-0.3, -0.25) is 5.48 Å². The SMILES string of the molecule is CC.CC1=C[CH]C=CC1.[OH]. The van der Waals surface area contributed by atoms with Gasteiger partial charge in [0.25, 0.3) is 0 Å². The van der Waals surface area contributed by atoms with E-state index in [2.05, 4.69) is 31.6 Å². The van der Waals surface area contributed by atoms with E-state index in [1.165, 1.54) is 5.57 Å². The van der Waals surface area contributed by atoms with Crippen LogP contribution in [0.25, 0.3) is 0 Å². The van der Waals surface area contributed by atoms with Crippen LogP contribution in [0.5, 0.6) is 0 Å². The Hall–Kier alpha value is -0.560. The molecule has 10 heavy (non-hydrogen) atoms. The van der Waals surface area contributed by atoms with Gasteiger partial charge in [0.15, 0.2) is 0 Å². The van der Waals surface area contributed by atoms with Crippen molar-refractivity contribution in [1.82, 2.24) is 0 Å². The average Bonchev–Trinajstić information content (AvgIpc) is 1.94. The Kier molecular flexibility index (Phi) is 10.3. The van der Waals surface area contributed by atoms with E-state index in [1.807, 2.05) is 13.8 Å². The summed E-state index contributed by atoms with van der Waals surface area (Å²) in [4.78, 5) is 0. The molecule has 1 aliphatic carbocycles. The van der Waals surface area contributed by atoms with E-state index in [0.29, 0.717) is 0 Å². The van der Waals surface area contributed by atoms with Gasteiger partial charge in [0.2, 0.25) is 0 Å². The molecule has 0 heterocycles. The van der Waals surface area contributed by atoms with Crippen molar-refractivity contribution >= 4 is 0 Å². The van der Waals surface area contributed by atoms with Crippen LogP contribution in [-0.4, -0.2) is 5.48 Å². The Labute approximate surface area is 63.8 Å². The van der Waals surface area contributed by atoms with Gasteiger partial charge < -0.3 is 0 Å². The van der Waals surface area contributed by atoms with Crippen molar-refractivity contribution < 1.29 is 5.48 Å². The van der Waals surface area contributed by atoms with Crippen molar-refractivity contribution in [2.45, 2.75) is 27.2 Å². The molecule has 0 bridgehead atoms. The lowest BCUT2D eigenvalue weighted by Crippen LogP contribution is -1.78. The highest BCUT2D eigenvalue weighted by Crippen LogP contribution is 2.07.